The van der Waals surface area contributed by atoms with Crippen LogP contribution in [0.2, 0.25) is 5.02 Å². The number of anilines is 1. The molecule has 0 saturated carbocycles. The van der Waals surface area contributed by atoms with Crippen molar-refractivity contribution in [3.8, 4) is 0 Å². The quantitative estimate of drug-likeness (QED) is 0.861. The average molecular weight is 338 g/mol. The summed E-state index contributed by atoms with van der Waals surface area (Å²) in [6.45, 7) is 3.38. The second-order valence-electron chi connectivity index (χ2n) is 5.87. The van der Waals surface area contributed by atoms with E-state index in [1.807, 2.05) is 0 Å². The zero-order valence-electron chi connectivity index (χ0n) is 13.5. The van der Waals surface area contributed by atoms with E-state index in [0.717, 1.165) is 31.4 Å². The summed E-state index contributed by atoms with van der Waals surface area (Å²) >= 11 is 5.83. The predicted octanol–water partition coefficient (Wildman–Crippen LogP) is 3.64. The topological polar surface area (TPSA) is 61.4 Å². The predicted molar refractivity (Wildman–Crippen MR) is 92.7 cm³/mol. The van der Waals surface area contributed by atoms with Gasteiger partial charge < -0.3 is 15.5 Å². The van der Waals surface area contributed by atoms with E-state index in [1.165, 1.54) is 0 Å². The molecule has 1 heterocycles. The van der Waals surface area contributed by atoms with Crippen molar-refractivity contribution in [1.82, 2.24) is 10.2 Å². The smallest absolute Gasteiger partial charge is 0.321 e. The number of halogens is 1. The van der Waals surface area contributed by atoms with Gasteiger partial charge in [0.25, 0.3) is 0 Å². The number of piperidine rings is 1. The number of urea groups is 1. The molecule has 1 aromatic carbocycles. The number of rotatable bonds is 5. The first-order valence-electron chi connectivity index (χ1n) is 8.19. The van der Waals surface area contributed by atoms with E-state index in [-0.39, 0.29) is 18.0 Å². The molecule has 5 nitrogen and oxygen atoms in total. The Morgan fingerprint density at radius 3 is 2.48 bits per heavy atom. The molecule has 0 aromatic heterocycles. The first kappa shape index (κ1) is 17.6. The third-order valence-corrected chi connectivity index (χ3v) is 4.25. The minimum absolute atomic E-state index is 0.108. The Morgan fingerprint density at radius 1 is 1.22 bits per heavy atom. The second kappa shape index (κ2) is 8.77. The highest BCUT2D eigenvalue weighted by molar-refractivity contribution is 6.30. The van der Waals surface area contributed by atoms with Gasteiger partial charge in [0.1, 0.15) is 0 Å². The number of unbranched alkanes of at least 4 members (excludes halogenated alkanes) is 1. The van der Waals surface area contributed by atoms with Crippen LogP contribution in [0.25, 0.3) is 0 Å². The summed E-state index contributed by atoms with van der Waals surface area (Å²) in [5.41, 5.74) is 0.731. The maximum absolute atomic E-state index is 12.2. The maximum Gasteiger partial charge on any atom is 0.321 e. The van der Waals surface area contributed by atoms with E-state index in [2.05, 4.69) is 17.6 Å². The summed E-state index contributed by atoms with van der Waals surface area (Å²) in [6, 6.07) is 7.12. The van der Waals surface area contributed by atoms with Crippen molar-refractivity contribution in [3.05, 3.63) is 29.3 Å². The number of likely N-dealkylation sites (tertiary alicyclic amines) is 1. The molecule has 2 N–H and O–H groups in total. The summed E-state index contributed by atoms with van der Waals surface area (Å²) in [6.07, 6.45) is 4.14. The van der Waals surface area contributed by atoms with Crippen LogP contribution in [-0.4, -0.2) is 36.0 Å². The van der Waals surface area contributed by atoms with E-state index in [1.54, 1.807) is 29.2 Å². The Morgan fingerprint density at radius 2 is 1.87 bits per heavy atom. The number of hydrogen-bond acceptors (Lipinski definition) is 2. The third kappa shape index (κ3) is 5.75. The van der Waals surface area contributed by atoms with Crippen molar-refractivity contribution in [1.29, 1.82) is 0 Å². The van der Waals surface area contributed by atoms with Gasteiger partial charge in [-0.25, -0.2) is 4.79 Å². The molecule has 0 atom stereocenters. The molecule has 1 aliphatic rings. The standard InChI is InChI=1S/C17H24ClN3O2/c1-2-3-4-16(22)19-15-9-11-21(12-10-15)17(23)20-14-7-5-13(18)6-8-14/h5-8,15H,2-4,9-12H2,1H3,(H,19,22)(H,20,23). The number of carbonyl (C=O) groups excluding carboxylic acids is 2. The first-order valence-corrected chi connectivity index (χ1v) is 8.57. The lowest BCUT2D eigenvalue weighted by Gasteiger charge is -2.32. The Hall–Kier alpha value is -1.75. The SMILES string of the molecule is CCCCC(=O)NC1CCN(C(=O)Nc2ccc(Cl)cc2)CC1. The van der Waals surface area contributed by atoms with Crippen molar-refractivity contribution in [2.45, 2.75) is 45.1 Å². The van der Waals surface area contributed by atoms with Crippen LogP contribution in [0, 0.1) is 0 Å². The van der Waals surface area contributed by atoms with Gasteiger partial charge in [0.15, 0.2) is 0 Å². The van der Waals surface area contributed by atoms with Crippen molar-refractivity contribution in [2.24, 2.45) is 0 Å². The summed E-state index contributed by atoms with van der Waals surface area (Å²) in [5, 5.41) is 6.56. The van der Waals surface area contributed by atoms with Crippen LogP contribution < -0.4 is 10.6 Å². The Bertz CT molecular complexity index is 525. The van der Waals surface area contributed by atoms with E-state index >= 15 is 0 Å². The lowest BCUT2D eigenvalue weighted by molar-refractivity contribution is -0.122. The van der Waals surface area contributed by atoms with Crippen LogP contribution in [0.5, 0.6) is 0 Å². The first-order chi connectivity index (χ1) is 11.1. The van der Waals surface area contributed by atoms with Crippen LogP contribution in [0.1, 0.15) is 39.0 Å². The number of benzene rings is 1. The summed E-state index contributed by atoms with van der Waals surface area (Å²) in [5.74, 6) is 0.121. The van der Waals surface area contributed by atoms with Gasteiger partial charge in [0.2, 0.25) is 5.91 Å². The molecule has 0 spiro atoms. The highest BCUT2D eigenvalue weighted by Crippen LogP contribution is 2.16. The molecule has 0 radical (unpaired) electrons. The van der Waals surface area contributed by atoms with Crippen molar-refractivity contribution >= 4 is 29.2 Å². The van der Waals surface area contributed by atoms with Gasteiger partial charge >= 0.3 is 6.03 Å². The van der Waals surface area contributed by atoms with E-state index in [0.29, 0.717) is 24.5 Å². The molecule has 3 amide bonds. The average Bonchev–Trinajstić information content (AvgIpc) is 2.55. The van der Waals surface area contributed by atoms with Crippen LogP contribution >= 0.6 is 11.6 Å². The van der Waals surface area contributed by atoms with Gasteiger partial charge in [-0.1, -0.05) is 24.9 Å². The van der Waals surface area contributed by atoms with Gasteiger partial charge in [0, 0.05) is 36.3 Å². The number of amides is 3. The molecule has 1 saturated heterocycles. The zero-order valence-corrected chi connectivity index (χ0v) is 14.2. The molecule has 126 valence electrons. The molecule has 1 fully saturated rings. The fourth-order valence-electron chi connectivity index (χ4n) is 2.60. The van der Waals surface area contributed by atoms with Gasteiger partial charge in [-0.05, 0) is 43.5 Å². The lowest BCUT2D eigenvalue weighted by Crippen LogP contribution is -2.47. The molecular formula is C17H24ClN3O2. The number of carbonyl (C=O) groups is 2. The highest BCUT2D eigenvalue weighted by atomic mass is 35.5. The Labute approximate surface area is 142 Å². The third-order valence-electron chi connectivity index (χ3n) is 4.00. The van der Waals surface area contributed by atoms with Crippen LogP contribution in [0.4, 0.5) is 10.5 Å². The van der Waals surface area contributed by atoms with Gasteiger partial charge in [-0.3, -0.25) is 4.79 Å². The number of nitrogens with zero attached hydrogens (tertiary/aromatic N) is 1. The fraction of sp³-hybridized carbons (Fsp3) is 0.529. The van der Waals surface area contributed by atoms with E-state index in [4.69, 9.17) is 11.6 Å². The van der Waals surface area contributed by atoms with Crippen molar-refractivity contribution in [2.75, 3.05) is 18.4 Å². The van der Waals surface area contributed by atoms with Crippen LogP contribution in [0.3, 0.4) is 0 Å². The minimum atomic E-state index is -0.108. The molecule has 6 heteroatoms. The summed E-state index contributed by atoms with van der Waals surface area (Å²) < 4.78 is 0. The normalized spacial score (nSPS) is 15.3. The van der Waals surface area contributed by atoms with Crippen LogP contribution in [0.15, 0.2) is 24.3 Å². The van der Waals surface area contributed by atoms with Gasteiger partial charge in [0.05, 0.1) is 0 Å². The van der Waals surface area contributed by atoms with Crippen molar-refractivity contribution in [3.63, 3.8) is 0 Å². The number of nitrogens with one attached hydrogen (secondary N) is 2. The largest absolute Gasteiger partial charge is 0.353 e. The van der Waals surface area contributed by atoms with Gasteiger partial charge in [-0.2, -0.15) is 0 Å². The zero-order chi connectivity index (χ0) is 16.7. The Kier molecular flexibility index (Phi) is 6.71. The Balaban J connectivity index is 1.74. The molecule has 1 aromatic rings. The fourth-order valence-corrected chi connectivity index (χ4v) is 2.73. The summed E-state index contributed by atoms with van der Waals surface area (Å²) in [4.78, 5) is 25.7. The van der Waals surface area contributed by atoms with Gasteiger partial charge in [-0.15, -0.1) is 0 Å². The lowest BCUT2D eigenvalue weighted by atomic mass is 10.0. The molecule has 1 aliphatic heterocycles. The molecule has 0 aliphatic carbocycles. The summed E-state index contributed by atoms with van der Waals surface area (Å²) in [7, 11) is 0. The number of hydrogen-bond donors (Lipinski definition) is 2. The van der Waals surface area contributed by atoms with E-state index in [9.17, 15) is 9.59 Å². The molecule has 23 heavy (non-hydrogen) atoms. The molecular weight excluding hydrogens is 314 g/mol. The van der Waals surface area contributed by atoms with E-state index < -0.39 is 0 Å². The molecule has 0 bridgehead atoms. The van der Waals surface area contributed by atoms with Crippen LogP contribution in [-0.2, 0) is 4.79 Å². The monoisotopic (exact) mass is 337 g/mol. The minimum Gasteiger partial charge on any atom is -0.353 e. The highest BCUT2D eigenvalue weighted by Gasteiger charge is 2.23. The molecule has 2 rings (SSSR count). The second-order valence-corrected chi connectivity index (χ2v) is 6.31. The maximum atomic E-state index is 12.2. The molecule has 0 unspecified atom stereocenters. The van der Waals surface area contributed by atoms with Crippen molar-refractivity contribution < 1.29 is 9.59 Å².